The second-order valence-electron chi connectivity index (χ2n) is 3.14. The third-order valence-electron chi connectivity index (χ3n) is 1.94. The van der Waals surface area contributed by atoms with E-state index in [1.807, 2.05) is 6.07 Å². The van der Waals surface area contributed by atoms with Gasteiger partial charge < -0.3 is 15.7 Å². The van der Waals surface area contributed by atoms with E-state index in [0.29, 0.717) is 16.9 Å². The van der Waals surface area contributed by atoms with Crippen LogP contribution in [0.5, 0.6) is 0 Å². The highest BCUT2D eigenvalue weighted by Crippen LogP contribution is 2.22. The molecule has 0 aromatic heterocycles. The summed E-state index contributed by atoms with van der Waals surface area (Å²) in [5, 5.41) is 17.2. The number of rotatable bonds is 3. The number of carbonyl (C=O) groups is 1. The van der Waals surface area contributed by atoms with Crippen molar-refractivity contribution < 1.29 is 9.90 Å². The van der Waals surface area contributed by atoms with Crippen molar-refractivity contribution in [2.45, 2.75) is 0 Å². The van der Waals surface area contributed by atoms with Crippen LogP contribution in [0.3, 0.4) is 0 Å². The number of carboxylic acids is 1. The minimum absolute atomic E-state index is 0.129. The van der Waals surface area contributed by atoms with E-state index in [-0.39, 0.29) is 6.54 Å². The second kappa shape index (κ2) is 4.33. The van der Waals surface area contributed by atoms with Gasteiger partial charge in [-0.05, 0) is 18.2 Å². The van der Waals surface area contributed by atoms with Crippen molar-refractivity contribution in [1.29, 1.82) is 5.26 Å². The molecule has 0 saturated heterocycles. The van der Waals surface area contributed by atoms with E-state index >= 15 is 0 Å². The van der Waals surface area contributed by atoms with E-state index in [1.165, 1.54) is 11.0 Å². The number of likely N-dealkylation sites (N-methyl/N-ethyl adjacent to an activating group) is 1. The van der Waals surface area contributed by atoms with E-state index in [9.17, 15) is 4.79 Å². The SMILES string of the molecule is CN(CC(=O)O)c1ccc(C#N)cc1N. The average Bonchev–Trinajstić information content (AvgIpc) is 2.16. The molecule has 0 unspecified atom stereocenters. The zero-order valence-electron chi connectivity index (χ0n) is 8.27. The molecule has 0 saturated carbocycles. The number of nitrogens with two attached hydrogens (primary N) is 1. The molecule has 5 heteroatoms. The monoisotopic (exact) mass is 205 g/mol. The van der Waals surface area contributed by atoms with Crippen LogP contribution < -0.4 is 10.6 Å². The lowest BCUT2D eigenvalue weighted by atomic mass is 10.2. The number of nitrogens with zero attached hydrogens (tertiary/aromatic N) is 2. The maximum atomic E-state index is 10.5. The molecule has 1 aromatic rings. The lowest BCUT2D eigenvalue weighted by Crippen LogP contribution is -2.25. The smallest absolute Gasteiger partial charge is 0.323 e. The highest BCUT2D eigenvalue weighted by molar-refractivity contribution is 5.77. The summed E-state index contributed by atoms with van der Waals surface area (Å²) in [6.45, 7) is -0.129. The van der Waals surface area contributed by atoms with Gasteiger partial charge in [0.15, 0.2) is 0 Å². The molecule has 0 radical (unpaired) electrons. The Morgan fingerprint density at radius 3 is 2.80 bits per heavy atom. The van der Waals surface area contributed by atoms with Crippen LogP contribution in [0.1, 0.15) is 5.56 Å². The molecular weight excluding hydrogens is 194 g/mol. The molecule has 15 heavy (non-hydrogen) atoms. The Labute approximate surface area is 87.3 Å². The maximum Gasteiger partial charge on any atom is 0.323 e. The zero-order valence-corrected chi connectivity index (χ0v) is 8.27. The number of hydrogen-bond acceptors (Lipinski definition) is 4. The van der Waals surface area contributed by atoms with Crippen LogP contribution in [0.15, 0.2) is 18.2 Å². The lowest BCUT2D eigenvalue weighted by Gasteiger charge is -2.18. The van der Waals surface area contributed by atoms with Crippen molar-refractivity contribution in [3.8, 4) is 6.07 Å². The first-order valence-corrected chi connectivity index (χ1v) is 4.27. The summed E-state index contributed by atoms with van der Waals surface area (Å²) in [5.41, 5.74) is 7.15. The maximum absolute atomic E-state index is 10.5. The summed E-state index contributed by atoms with van der Waals surface area (Å²) in [6, 6.07) is 6.72. The molecule has 0 aliphatic carbocycles. The van der Waals surface area contributed by atoms with Gasteiger partial charge in [-0.3, -0.25) is 4.79 Å². The predicted molar refractivity (Wildman–Crippen MR) is 56.5 cm³/mol. The molecule has 0 heterocycles. The fourth-order valence-corrected chi connectivity index (χ4v) is 1.26. The van der Waals surface area contributed by atoms with Crippen molar-refractivity contribution in [3.05, 3.63) is 23.8 Å². The Hall–Kier alpha value is -2.22. The van der Waals surface area contributed by atoms with Gasteiger partial charge in [0.05, 0.1) is 23.0 Å². The van der Waals surface area contributed by atoms with Gasteiger partial charge in [0, 0.05) is 7.05 Å². The molecule has 0 amide bonds. The summed E-state index contributed by atoms with van der Waals surface area (Å²) in [6.07, 6.45) is 0. The van der Waals surface area contributed by atoms with E-state index in [2.05, 4.69) is 0 Å². The first-order chi connectivity index (χ1) is 7.04. The van der Waals surface area contributed by atoms with Crippen LogP contribution in [-0.2, 0) is 4.79 Å². The highest BCUT2D eigenvalue weighted by atomic mass is 16.4. The Morgan fingerprint density at radius 1 is 1.67 bits per heavy atom. The fraction of sp³-hybridized carbons (Fsp3) is 0.200. The molecule has 0 bridgehead atoms. The topological polar surface area (TPSA) is 90.4 Å². The Morgan fingerprint density at radius 2 is 2.33 bits per heavy atom. The van der Waals surface area contributed by atoms with Gasteiger partial charge in [0.2, 0.25) is 0 Å². The molecule has 1 rings (SSSR count). The van der Waals surface area contributed by atoms with Crippen molar-refractivity contribution in [2.24, 2.45) is 0 Å². The van der Waals surface area contributed by atoms with Gasteiger partial charge in [-0.15, -0.1) is 0 Å². The number of hydrogen-bond donors (Lipinski definition) is 2. The molecule has 0 atom stereocenters. The van der Waals surface area contributed by atoms with E-state index in [1.54, 1.807) is 19.2 Å². The summed E-state index contributed by atoms with van der Waals surface area (Å²) in [5.74, 6) is -0.929. The molecule has 78 valence electrons. The predicted octanol–water partition coefficient (Wildman–Crippen LogP) is 0.661. The number of benzene rings is 1. The molecule has 0 fully saturated rings. The molecule has 5 nitrogen and oxygen atoms in total. The van der Waals surface area contributed by atoms with Crippen LogP contribution in [0.25, 0.3) is 0 Å². The molecule has 0 aliphatic rings. The normalized spacial score (nSPS) is 9.33. The number of aliphatic carboxylic acids is 1. The molecule has 0 aliphatic heterocycles. The summed E-state index contributed by atoms with van der Waals surface area (Å²) in [7, 11) is 1.63. The molecular formula is C10H11N3O2. The van der Waals surface area contributed by atoms with E-state index in [0.717, 1.165) is 0 Å². The molecule has 0 spiro atoms. The first kappa shape index (κ1) is 10.9. The van der Waals surface area contributed by atoms with Crippen molar-refractivity contribution in [3.63, 3.8) is 0 Å². The minimum Gasteiger partial charge on any atom is -0.480 e. The average molecular weight is 205 g/mol. The Kier molecular flexibility index (Phi) is 3.13. The van der Waals surface area contributed by atoms with Crippen LogP contribution in [0.4, 0.5) is 11.4 Å². The number of carboxylic acid groups (broad SMARTS) is 1. The van der Waals surface area contributed by atoms with Crippen molar-refractivity contribution >= 4 is 17.3 Å². The molecule has 1 aromatic carbocycles. The Bertz CT molecular complexity index is 423. The van der Waals surface area contributed by atoms with Gasteiger partial charge >= 0.3 is 5.97 Å². The van der Waals surface area contributed by atoms with Gasteiger partial charge in [-0.25, -0.2) is 0 Å². The zero-order chi connectivity index (χ0) is 11.4. The van der Waals surface area contributed by atoms with Crippen LogP contribution in [-0.4, -0.2) is 24.7 Å². The van der Waals surface area contributed by atoms with Gasteiger partial charge in [0.1, 0.15) is 6.54 Å². The molecule has 3 N–H and O–H groups in total. The largest absolute Gasteiger partial charge is 0.480 e. The Balaban J connectivity index is 2.96. The second-order valence-corrected chi connectivity index (χ2v) is 3.14. The fourth-order valence-electron chi connectivity index (χ4n) is 1.26. The summed E-state index contributed by atoms with van der Waals surface area (Å²) in [4.78, 5) is 12.0. The third kappa shape index (κ3) is 2.61. The number of nitrogen functional groups attached to an aromatic ring is 1. The van der Waals surface area contributed by atoms with Crippen molar-refractivity contribution in [1.82, 2.24) is 0 Å². The van der Waals surface area contributed by atoms with Crippen molar-refractivity contribution in [2.75, 3.05) is 24.2 Å². The number of nitriles is 1. The standard InChI is InChI=1S/C10H11N3O2/c1-13(6-10(14)15)9-3-2-7(5-11)4-8(9)12/h2-4H,6,12H2,1H3,(H,14,15). The minimum atomic E-state index is -0.929. The van der Waals surface area contributed by atoms with E-state index < -0.39 is 5.97 Å². The van der Waals surface area contributed by atoms with E-state index in [4.69, 9.17) is 16.1 Å². The van der Waals surface area contributed by atoms with Crippen LogP contribution in [0.2, 0.25) is 0 Å². The summed E-state index contributed by atoms with van der Waals surface area (Å²) >= 11 is 0. The third-order valence-corrected chi connectivity index (χ3v) is 1.94. The first-order valence-electron chi connectivity index (χ1n) is 4.27. The lowest BCUT2D eigenvalue weighted by molar-refractivity contribution is -0.135. The van der Waals surface area contributed by atoms with Gasteiger partial charge in [-0.1, -0.05) is 0 Å². The highest BCUT2D eigenvalue weighted by Gasteiger charge is 2.08. The van der Waals surface area contributed by atoms with Crippen LogP contribution in [0, 0.1) is 11.3 Å². The number of anilines is 2. The van der Waals surface area contributed by atoms with Gasteiger partial charge in [-0.2, -0.15) is 5.26 Å². The summed E-state index contributed by atoms with van der Waals surface area (Å²) < 4.78 is 0. The van der Waals surface area contributed by atoms with Crippen LogP contribution >= 0.6 is 0 Å². The quantitative estimate of drug-likeness (QED) is 0.707. The van der Waals surface area contributed by atoms with Gasteiger partial charge in [0.25, 0.3) is 0 Å².